The Balaban J connectivity index is 0.00000210. The summed E-state index contributed by atoms with van der Waals surface area (Å²) in [6.07, 6.45) is 0. The molecule has 1 N–H and O–H groups in total. The molecule has 0 spiro atoms. The first-order valence-corrected chi connectivity index (χ1v) is 13.6. The molecular formula is C30H28KN3O3S. The molecule has 1 aromatic heterocycles. The largest absolute Gasteiger partial charge is 1.00 e. The second kappa shape index (κ2) is 12.1. The van der Waals surface area contributed by atoms with E-state index in [0.717, 1.165) is 33.5 Å². The maximum absolute atomic E-state index is 12.9. The van der Waals surface area contributed by atoms with E-state index in [2.05, 4.69) is 59.5 Å². The van der Waals surface area contributed by atoms with Gasteiger partial charge in [-0.2, -0.15) is 0 Å². The minimum Gasteiger partial charge on any atom is -1.00 e. The number of imidazole rings is 1. The smallest absolute Gasteiger partial charge is 1.00 e. The van der Waals surface area contributed by atoms with Crippen molar-refractivity contribution >= 4 is 27.0 Å². The Bertz CT molecular complexity index is 1670. The fourth-order valence-electron chi connectivity index (χ4n) is 4.34. The molecule has 0 saturated carbocycles. The van der Waals surface area contributed by atoms with E-state index in [9.17, 15) is 13.2 Å². The maximum Gasteiger partial charge on any atom is 1.00 e. The van der Waals surface area contributed by atoms with Gasteiger partial charge in [-0.15, -0.1) is 0 Å². The third kappa shape index (κ3) is 6.17. The van der Waals surface area contributed by atoms with Gasteiger partial charge in [-0.25, -0.2) is 18.1 Å². The molecule has 8 heteroatoms. The van der Waals surface area contributed by atoms with Gasteiger partial charge in [-0.05, 0) is 47.0 Å². The molecule has 6 nitrogen and oxygen atoms in total. The van der Waals surface area contributed by atoms with Gasteiger partial charge in [0.1, 0.15) is 5.82 Å². The number of nitrogens with one attached hydrogen (secondary N) is 1. The van der Waals surface area contributed by atoms with Crippen molar-refractivity contribution in [3.8, 4) is 11.1 Å². The number of fused-ring (bicyclic) bond motifs is 1. The summed E-state index contributed by atoms with van der Waals surface area (Å²) < 4.78 is 29.6. The number of benzene rings is 4. The summed E-state index contributed by atoms with van der Waals surface area (Å²) in [7, 11) is -3.98. The molecule has 38 heavy (non-hydrogen) atoms. The number of amides is 1. The normalized spacial score (nSPS) is 11.3. The number of carbonyl (C=O) groups is 1. The van der Waals surface area contributed by atoms with E-state index in [4.69, 9.17) is 4.98 Å². The van der Waals surface area contributed by atoms with Crippen molar-refractivity contribution in [3.05, 3.63) is 120 Å². The zero-order valence-corrected chi connectivity index (χ0v) is 25.6. The first-order chi connectivity index (χ1) is 17.8. The van der Waals surface area contributed by atoms with Crippen molar-refractivity contribution in [2.75, 3.05) is 0 Å². The Hall–Kier alpha value is -2.59. The van der Waals surface area contributed by atoms with Crippen LogP contribution in [0.2, 0.25) is 0 Å². The molecule has 1 heterocycles. The molecule has 188 valence electrons. The zero-order chi connectivity index (χ0) is 26.0. The maximum atomic E-state index is 12.9. The minimum absolute atomic E-state index is 0. The fraction of sp³-hybridized carbons (Fsp3) is 0.133. The topological polar surface area (TPSA) is 81.1 Å². The average molecular weight is 550 g/mol. The number of hydrogen-bond donors (Lipinski definition) is 1. The van der Waals surface area contributed by atoms with Gasteiger partial charge in [0.05, 0.1) is 15.9 Å². The second-order valence-corrected chi connectivity index (χ2v) is 10.9. The van der Waals surface area contributed by atoms with E-state index in [-0.39, 0.29) is 69.2 Å². The second-order valence-electron chi connectivity index (χ2n) is 9.22. The van der Waals surface area contributed by atoms with Gasteiger partial charge in [-0.3, -0.25) is 4.79 Å². The van der Waals surface area contributed by atoms with Gasteiger partial charge in [0.15, 0.2) is 0 Å². The van der Waals surface area contributed by atoms with Crippen LogP contribution in [0.4, 0.5) is 0 Å². The number of carbonyl (C=O) groups excluding carboxylic acids is 1. The molecule has 0 radical (unpaired) electrons. The molecule has 5 aromatic rings. The molecule has 5 rings (SSSR count). The monoisotopic (exact) mass is 549 g/mol. The van der Waals surface area contributed by atoms with Crippen molar-refractivity contribution in [2.24, 2.45) is 0 Å². The van der Waals surface area contributed by atoms with Gasteiger partial charge >= 0.3 is 51.4 Å². The van der Waals surface area contributed by atoms with Gasteiger partial charge in [0, 0.05) is 18.0 Å². The predicted molar refractivity (Wildman–Crippen MR) is 147 cm³/mol. The van der Waals surface area contributed by atoms with E-state index in [1.54, 1.807) is 36.4 Å². The first-order valence-electron chi connectivity index (χ1n) is 12.1. The minimum atomic E-state index is -3.98. The van der Waals surface area contributed by atoms with Crippen molar-refractivity contribution in [3.63, 3.8) is 0 Å². The van der Waals surface area contributed by atoms with Gasteiger partial charge < -0.3 is 5.99 Å². The number of rotatable bonds is 7. The summed E-state index contributed by atoms with van der Waals surface area (Å²) in [6.45, 7) is 4.74. The van der Waals surface area contributed by atoms with Crippen LogP contribution in [0.15, 0.2) is 108 Å². The Morgan fingerprint density at radius 1 is 0.868 bits per heavy atom. The molecule has 0 unspecified atom stereocenters. The van der Waals surface area contributed by atoms with Crippen LogP contribution in [0, 0.1) is 0 Å². The summed E-state index contributed by atoms with van der Waals surface area (Å²) >= 11 is 0. The van der Waals surface area contributed by atoms with Crippen LogP contribution >= 0.6 is 0 Å². The molecule has 0 fully saturated rings. The van der Waals surface area contributed by atoms with Crippen LogP contribution in [0.3, 0.4) is 0 Å². The van der Waals surface area contributed by atoms with Crippen LogP contribution in [0.1, 0.15) is 42.9 Å². The van der Waals surface area contributed by atoms with Gasteiger partial charge in [0.2, 0.25) is 0 Å². The summed E-state index contributed by atoms with van der Waals surface area (Å²) in [5, 5.41) is 0. The Morgan fingerprint density at radius 2 is 1.47 bits per heavy atom. The average Bonchev–Trinajstić information content (AvgIpc) is 3.28. The Labute approximate surface area is 267 Å². The summed E-state index contributed by atoms with van der Waals surface area (Å²) in [5.41, 5.74) is 5.19. The predicted octanol–water partition coefficient (Wildman–Crippen LogP) is 3.11. The van der Waals surface area contributed by atoms with Crippen LogP contribution in [-0.4, -0.2) is 23.9 Å². The van der Waals surface area contributed by atoms with E-state index in [1.807, 2.05) is 18.2 Å². The molecule has 4 aromatic carbocycles. The standard InChI is InChI=1S/C30H27N3O3S.K.H/c1-21(2)29-31-27-18-17-25(30(34)32-37(35,36)26-11-7-4-8-12-26)19-28(27)33(29)20-22-13-15-24(16-14-22)23-9-5-3-6-10-23;;/h3-19,21H,20H2,1-2H3,(H,32,34);;/q;+1;-1. The first kappa shape index (κ1) is 28.4. The van der Waals surface area contributed by atoms with Gasteiger partial charge in [-0.1, -0.05) is 86.6 Å². The van der Waals surface area contributed by atoms with Crippen LogP contribution in [-0.2, 0) is 16.6 Å². The van der Waals surface area contributed by atoms with E-state index in [1.165, 1.54) is 12.1 Å². The van der Waals surface area contributed by atoms with E-state index in [0.29, 0.717) is 6.54 Å². The molecule has 1 amide bonds. The molecule has 0 atom stereocenters. The summed E-state index contributed by atoms with van der Waals surface area (Å²) in [4.78, 5) is 17.8. The third-order valence-corrected chi connectivity index (χ3v) is 7.59. The number of nitrogens with zero attached hydrogens (tertiary/aromatic N) is 2. The van der Waals surface area contributed by atoms with Crippen LogP contribution in [0.5, 0.6) is 0 Å². The Morgan fingerprint density at radius 3 is 2.11 bits per heavy atom. The van der Waals surface area contributed by atoms with Crippen LogP contribution < -0.4 is 56.1 Å². The van der Waals surface area contributed by atoms with Crippen LogP contribution in [0.25, 0.3) is 22.2 Å². The van der Waals surface area contributed by atoms with Crippen molar-refractivity contribution in [2.45, 2.75) is 31.2 Å². The van der Waals surface area contributed by atoms with Crippen molar-refractivity contribution < 1.29 is 66.0 Å². The number of sulfonamides is 1. The van der Waals surface area contributed by atoms with Gasteiger partial charge in [0.25, 0.3) is 15.9 Å². The quantitative estimate of drug-likeness (QED) is 0.317. The van der Waals surface area contributed by atoms with Crippen molar-refractivity contribution in [1.82, 2.24) is 14.3 Å². The third-order valence-electron chi connectivity index (χ3n) is 6.24. The SMILES string of the molecule is CC(C)c1nc2ccc(C(=O)NS(=O)(=O)c3ccccc3)cc2n1Cc1ccc(-c2ccccc2)cc1.[H-].[K+]. The molecule has 0 saturated heterocycles. The molecule has 0 aliphatic heterocycles. The summed E-state index contributed by atoms with van der Waals surface area (Å²) in [5.74, 6) is 0.375. The number of aromatic nitrogens is 2. The Kier molecular flexibility index (Phi) is 9.02. The summed E-state index contributed by atoms with van der Waals surface area (Å²) in [6, 6.07) is 31.5. The fourth-order valence-corrected chi connectivity index (χ4v) is 5.34. The zero-order valence-electron chi connectivity index (χ0n) is 22.6. The molecule has 0 aliphatic carbocycles. The van der Waals surface area contributed by atoms with E-state index >= 15 is 0 Å². The molecule has 0 bridgehead atoms. The molecular weight excluding hydrogens is 522 g/mol. The van der Waals surface area contributed by atoms with Crippen molar-refractivity contribution in [1.29, 1.82) is 0 Å². The number of hydrogen-bond acceptors (Lipinski definition) is 4. The molecule has 0 aliphatic rings. The van der Waals surface area contributed by atoms with E-state index < -0.39 is 15.9 Å².